The van der Waals surface area contributed by atoms with Crippen LogP contribution in [0, 0.1) is 0 Å². The number of nitrogens with one attached hydrogen (secondary N) is 1. The molecule has 0 aliphatic carbocycles. The average molecular weight is 321 g/mol. The summed E-state index contributed by atoms with van der Waals surface area (Å²) in [5.74, 6) is -0.218. The molecule has 6 heteroatoms. The Kier molecular flexibility index (Phi) is 4.67. The molecule has 122 valence electrons. The number of hydrogen-bond acceptors (Lipinski definition) is 4. The van der Waals surface area contributed by atoms with Crippen LogP contribution in [0.15, 0.2) is 54.9 Å². The highest BCUT2D eigenvalue weighted by atomic mass is 16.1. The topological polar surface area (TPSA) is 85.8 Å². The van der Waals surface area contributed by atoms with E-state index in [0.717, 1.165) is 22.4 Å². The Balaban J connectivity index is 1.85. The number of aryl methyl sites for hydroxylation is 1. The maximum absolute atomic E-state index is 12.6. The summed E-state index contributed by atoms with van der Waals surface area (Å²) in [6.07, 6.45) is 3.32. The number of carbonyl (C=O) groups excluding carboxylic acids is 1. The van der Waals surface area contributed by atoms with Crippen molar-refractivity contribution in [3.05, 3.63) is 71.8 Å². The zero-order valence-corrected chi connectivity index (χ0v) is 13.4. The van der Waals surface area contributed by atoms with Gasteiger partial charge in [0, 0.05) is 31.5 Å². The molecule has 2 heterocycles. The van der Waals surface area contributed by atoms with Crippen molar-refractivity contribution in [2.45, 2.75) is 13.1 Å². The molecule has 3 N–H and O–H groups in total. The molecule has 1 aromatic carbocycles. The Bertz CT molecular complexity index is 856. The van der Waals surface area contributed by atoms with Gasteiger partial charge in [-0.25, -0.2) is 0 Å². The van der Waals surface area contributed by atoms with E-state index >= 15 is 0 Å². The third-order valence-corrected chi connectivity index (χ3v) is 3.85. The van der Waals surface area contributed by atoms with Gasteiger partial charge in [0.2, 0.25) is 0 Å². The van der Waals surface area contributed by atoms with Crippen LogP contribution in [0.2, 0.25) is 0 Å². The maximum atomic E-state index is 12.6. The Morgan fingerprint density at radius 1 is 1.21 bits per heavy atom. The summed E-state index contributed by atoms with van der Waals surface area (Å²) in [5.41, 5.74) is 9.75. The molecular weight excluding hydrogens is 302 g/mol. The number of rotatable bonds is 5. The van der Waals surface area contributed by atoms with E-state index in [-0.39, 0.29) is 5.91 Å². The van der Waals surface area contributed by atoms with Crippen molar-refractivity contribution >= 4 is 5.91 Å². The zero-order chi connectivity index (χ0) is 16.9. The third kappa shape index (κ3) is 3.33. The van der Waals surface area contributed by atoms with Crippen molar-refractivity contribution in [3.8, 4) is 11.1 Å². The second-order valence-corrected chi connectivity index (χ2v) is 5.43. The Hall–Kier alpha value is -2.99. The standard InChI is InChI=1S/C18H19N5O/c1-23-15(7-9-22-23)12-21-18(24)17-16(6-3-8-20-17)14-5-2-4-13(10-14)11-19/h2-10H,11-12,19H2,1H3,(H,21,24). The SMILES string of the molecule is Cn1nccc1CNC(=O)c1ncccc1-c1cccc(CN)c1. The summed E-state index contributed by atoms with van der Waals surface area (Å²) in [6.45, 7) is 0.851. The molecule has 0 aliphatic rings. The third-order valence-electron chi connectivity index (χ3n) is 3.85. The van der Waals surface area contributed by atoms with Crippen molar-refractivity contribution in [2.24, 2.45) is 12.8 Å². The highest BCUT2D eigenvalue weighted by Gasteiger charge is 2.14. The Morgan fingerprint density at radius 3 is 2.83 bits per heavy atom. The summed E-state index contributed by atoms with van der Waals surface area (Å²) >= 11 is 0. The number of nitrogens with zero attached hydrogens (tertiary/aromatic N) is 3. The lowest BCUT2D eigenvalue weighted by Gasteiger charge is -2.10. The van der Waals surface area contributed by atoms with E-state index in [0.29, 0.717) is 18.8 Å². The number of benzene rings is 1. The molecule has 3 rings (SSSR count). The minimum absolute atomic E-state index is 0.218. The Labute approximate surface area is 140 Å². The van der Waals surface area contributed by atoms with Crippen molar-refractivity contribution in [3.63, 3.8) is 0 Å². The van der Waals surface area contributed by atoms with E-state index in [1.54, 1.807) is 17.1 Å². The van der Waals surface area contributed by atoms with Crippen LogP contribution in [0.4, 0.5) is 0 Å². The quantitative estimate of drug-likeness (QED) is 0.751. The van der Waals surface area contributed by atoms with Crippen LogP contribution < -0.4 is 11.1 Å². The van der Waals surface area contributed by atoms with E-state index in [9.17, 15) is 4.79 Å². The minimum atomic E-state index is -0.218. The van der Waals surface area contributed by atoms with Gasteiger partial charge in [-0.1, -0.05) is 24.3 Å². The first-order chi connectivity index (χ1) is 11.7. The monoisotopic (exact) mass is 321 g/mol. The predicted octanol–water partition coefficient (Wildman–Crippen LogP) is 1.87. The molecule has 0 unspecified atom stereocenters. The highest BCUT2D eigenvalue weighted by molar-refractivity contribution is 5.98. The summed E-state index contributed by atoms with van der Waals surface area (Å²) in [6, 6.07) is 13.4. The molecule has 0 aliphatic heterocycles. The normalized spacial score (nSPS) is 10.6. The van der Waals surface area contributed by atoms with Crippen molar-refractivity contribution < 1.29 is 4.79 Å². The molecule has 0 atom stereocenters. The molecule has 0 fully saturated rings. The molecule has 0 saturated heterocycles. The van der Waals surface area contributed by atoms with Gasteiger partial charge in [0.15, 0.2) is 0 Å². The lowest BCUT2D eigenvalue weighted by atomic mass is 10.0. The minimum Gasteiger partial charge on any atom is -0.345 e. The molecule has 0 spiro atoms. The van der Waals surface area contributed by atoms with Crippen LogP contribution in [0.5, 0.6) is 0 Å². The van der Waals surface area contributed by atoms with Crippen LogP contribution in [0.3, 0.4) is 0 Å². The highest BCUT2D eigenvalue weighted by Crippen LogP contribution is 2.23. The molecule has 0 radical (unpaired) electrons. The molecule has 2 aromatic heterocycles. The number of pyridine rings is 1. The van der Waals surface area contributed by atoms with E-state index in [1.807, 2.05) is 49.5 Å². The summed E-state index contributed by atoms with van der Waals surface area (Å²) in [7, 11) is 1.84. The summed E-state index contributed by atoms with van der Waals surface area (Å²) in [5, 5.41) is 6.98. The smallest absolute Gasteiger partial charge is 0.270 e. The number of amides is 1. The molecule has 24 heavy (non-hydrogen) atoms. The Morgan fingerprint density at radius 2 is 2.08 bits per heavy atom. The van der Waals surface area contributed by atoms with Crippen molar-refractivity contribution in [1.82, 2.24) is 20.1 Å². The lowest BCUT2D eigenvalue weighted by Crippen LogP contribution is -2.25. The van der Waals surface area contributed by atoms with Crippen LogP contribution in [-0.4, -0.2) is 20.7 Å². The van der Waals surface area contributed by atoms with E-state index in [4.69, 9.17) is 5.73 Å². The van der Waals surface area contributed by atoms with E-state index in [1.165, 1.54) is 0 Å². The number of aromatic nitrogens is 3. The van der Waals surface area contributed by atoms with Gasteiger partial charge in [0.05, 0.1) is 12.2 Å². The molecule has 0 bridgehead atoms. The van der Waals surface area contributed by atoms with Crippen molar-refractivity contribution in [2.75, 3.05) is 0 Å². The van der Waals surface area contributed by atoms with Gasteiger partial charge in [-0.3, -0.25) is 14.5 Å². The van der Waals surface area contributed by atoms with Gasteiger partial charge < -0.3 is 11.1 Å². The van der Waals surface area contributed by atoms with Gasteiger partial charge >= 0.3 is 0 Å². The van der Waals surface area contributed by atoms with E-state index in [2.05, 4.69) is 15.4 Å². The largest absolute Gasteiger partial charge is 0.345 e. The average Bonchev–Trinajstić information content (AvgIpc) is 3.04. The first kappa shape index (κ1) is 15.9. The fourth-order valence-corrected chi connectivity index (χ4v) is 2.51. The summed E-state index contributed by atoms with van der Waals surface area (Å²) < 4.78 is 1.73. The van der Waals surface area contributed by atoms with Crippen LogP contribution >= 0.6 is 0 Å². The summed E-state index contributed by atoms with van der Waals surface area (Å²) in [4.78, 5) is 16.8. The van der Waals surface area contributed by atoms with Gasteiger partial charge in [0.25, 0.3) is 5.91 Å². The molecule has 3 aromatic rings. The van der Waals surface area contributed by atoms with E-state index < -0.39 is 0 Å². The second kappa shape index (κ2) is 7.06. The van der Waals surface area contributed by atoms with Crippen LogP contribution in [0.1, 0.15) is 21.7 Å². The fourth-order valence-electron chi connectivity index (χ4n) is 2.51. The molecular formula is C18H19N5O. The molecule has 6 nitrogen and oxygen atoms in total. The second-order valence-electron chi connectivity index (χ2n) is 5.43. The lowest BCUT2D eigenvalue weighted by molar-refractivity contribution is 0.0946. The number of nitrogens with two attached hydrogens (primary N) is 1. The first-order valence-electron chi connectivity index (χ1n) is 7.68. The fraction of sp³-hybridized carbons (Fsp3) is 0.167. The predicted molar refractivity (Wildman–Crippen MR) is 91.9 cm³/mol. The van der Waals surface area contributed by atoms with Gasteiger partial charge in [-0.05, 0) is 29.3 Å². The first-order valence-corrected chi connectivity index (χ1v) is 7.68. The zero-order valence-electron chi connectivity index (χ0n) is 13.4. The van der Waals surface area contributed by atoms with Gasteiger partial charge in [0.1, 0.15) is 5.69 Å². The molecule has 0 saturated carbocycles. The van der Waals surface area contributed by atoms with Gasteiger partial charge in [-0.2, -0.15) is 5.10 Å². The van der Waals surface area contributed by atoms with Gasteiger partial charge in [-0.15, -0.1) is 0 Å². The number of carbonyl (C=O) groups is 1. The maximum Gasteiger partial charge on any atom is 0.270 e. The van der Waals surface area contributed by atoms with Crippen molar-refractivity contribution in [1.29, 1.82) is 0 Å². The number of hydrogen-bond donors (Lipinski definition) is 2. The molecule has 1 amide bonds. The van der Waals surface area contributed by atoms with Crippen LogP contribution in [-0.2, 0) is 20.1 Å². The van der Waals surface area contributed by atoms with Crippen LogP contribution in [0.25, 0.3) is 11.1 Å².